The van der Waals surface area contributed by atoms with Gasteiger partial charge in [0.1, 0.15) is 5.82 Å². The number of aromatic nitrogens is 3. The SMILES string of the molecule is O=C(NCC1CN(Cc2ccc(F)c(F)c2)Cc2nccn2C1)c1cccnc1. The molecule has 1 amide bonds. The molecule has 2 aromatic heterocycles. The molecular weight excluding hydrogens is 376 g/mol. The summed E-state index contributed by atoms with van der Waals surface area (Å²) < 4.78 is 28.9. The molecule has 4 rings (SSSR count). The van der Waals surface area contributed by atoms with Crippen molar-refractivity contribution in [2.24, 2.45) is 5.92 Å². The number of rotatable bonds is 5. The van der Waals surface area contributed by atoms with Crippen LogP contribution >= 0.6 is 0 Å². The Balaban J connectivity index is 1.46. The molecule has 150 valence electrons. The van der Waals surface area contributed by atoms with Gasteiger partial charge in [-0.2, -0.15) is 0 Å². The molecule has 3 heterocycles. The first kappa shape index (κ1) is 19.2. The minimum Gasteiger partial charge on any atom is -0.352 e. The summed E-state index contributed by atoms with van der Waals surface area (Å²) in [6.45, 7) is 2.96. The molecule has 8 heteroatoms. The molecule has 29 heavy (non-hydrogen) atoms. The summed E-state index contributed by atoms with van der Waals surface area (Å²) >= 11 is 0. The Bertz CT molecular complexity index is 992. The summed E-state index contributed by atoms with van der Waals surface area (Å²) in [5, 5.41) is 2.97. The number of nitrogens with one attached hydrogen (secondary N) is 1. The Kier molecular flexibility index (Phi) is 5.62. The quantitative estimate of drug-likeness (QED) is 0.719. The van der Waals surface area contributed by atoms with Gasteiger partial charge in [0, 0.05) is 56.9 Å². The van der Waals surface area contributed by atoms with E-state index in [4.69, 9.17) is 0 Å². The van der Waals surface area contributed by atoms with Crippen LogP contribution < -0.4 is 5.32 Å². The number of pyridine rings is 1. The molecular formula is C21H21F2N5O. The van der Waals surface area contributed by atoms with E-state index in [0.29, 0.717) is 37.3 Å². The van der Waals surface area contributed by atoms with E-state index >= 15 is 0 Å². The largest absolute Gasteiger partial charge is 0.352 e. The number of carbonyl (C=O) groups is 1. The van der Waals surface area contributed by atoms with Crippen molar-refractivity contribution < 1.29 is 13.6 Å². The van der Waals surface area contributed by atoms with Crippen LogP contribution in [0.3, 0.4) is 0 Å². The number of imidazole rings is 1. The molecule has 0 aliphatic carbocycles. The smallest absolute Gasteiger partial charge is 0.252 e. The molecule has 0 bridgehead atoms. The molecule has 0 saturated heterocycles. The zero-order valence-corrected chi connectivity index (χ0v) is 15.8. The summed E-state index contributed by atoms with van der Waals surface area (Å²) in [7, 11) is 0. The van der Waals surface area contributed by atoms with Crippen molar-refractivity contribution in [1.29, 1.82) is 0 Å². The van der Waals surface area contributed by atoms with Gasteiger partial charge in [-0.1, -0.05) is 6.07 Å². The maximum atomic E-state index is 13.6. The first-order valence-corrected chi connectivity index (χ1v) is 9.43. The van der Waals surface area contributed by atoms with Gasteiger partial charge in [0.05, 0.1) is 12.1 Å². The van der Waals surface area contributed by atoms with Crippen molar-refractivity contribution in [1.82, 2.24) is 24.8 Å². The van der Waals surface area contributed by atoms with Crippen LogP contribution in [-0.4, -0.2) is 38.4 Å². The summed E-state index contributed by atoms with van der Waals surface area (Å²) in [6, 6.07) is 7.41. The molecule has 1 atom stereocenters. The van der Waals surface area contributed by atoms with Gasteiger partial charge in [0.2, 0.25) is 0 Å². The monoisotopic (exact) mass is 397 g/mol. The van der Waals surface area contributed by atoms with Crippen molar-refractivity contribution in [3.63, 3.8) is 0 Å². The van der Waals surface area contributed by atoms with Crippen molar-refractivity contribution >= 4 is 5.91 Å². The predicted molar refractivity (Wildman–Crippen MR) is 103 cm³/mol. The molecule has 1 aliphatic rings. The zero-order valence-electron chi connectivity index (χ0n) is 15.8. The number of amides is 1. The number of carbonyl (C=O) groups excluding carboxylic acids is 1. The Morgan fingerprint density at radius 2 is 2.07 bits per heavy atom. The third-order valence-electron chi connectivity index (χ3n) is 5.00. The minimum absolute atomic E-state index is 0.136. The number of fused-ring (bicyclic) bond motifs is 1. The molecule has 0 fully saturated rings. The third kappa shape index (κ3) is 4.65. The number of halogens is 2. The van der Waals surface area contributed by atoms with Gasteiger partial charge in [0.25, 0.3) is 5.91 Å². The minimum atomic E-state index is -0.851. The van der Waals surface area contributed by atoms with Gasteiger partial charge in [0.15, 0.2) is 11.6 Å². The molecule has 1 aliphatic heterocycles. The van der Waals surface area contributed by atoms with Crippen LogP contribution in [0, 0.1) is 17.6 Å². The van der Waals surface area contributed by atoms with Crippen LogP contribution in [0.25, 0.3) is 0 Å². The number of hydrogen-bond acceptors (Lipinski definition) is 4. The fraction of sp³-hybridized carbons (Fsp3) is 0.286. The molecule has 1 unspecified atom stereocenters. The fourth-order valence-electron chi connectivity index (χ4n) is 3.61. The van der Waals surface area contributed by atoms with Gasteiger partial charge >= 0.3 is 0 Å². The van der Waals surface area contributed by atoms with Crippen LogP contribution in [0.4, 0.5) is 8.78 Å². The summed E-state index contributed by atoms with van der Waals surface area (Å²) in [6.07, 6.45) is 6.83. The number of hydrogen-bond donors (Lipinski definition) is 1. The molecule has 6 nitrogen and oxygen atoms in total. The van der Waals surface area contributed by atoms with Crippen molar-refractivity contribution in [2.45, 2.75) is 19.6 Å². The molecule has 1 N–H and O–H groups in total. The number of benzene rings is 1. The Labute approximate surface area is 167 Å². The summed E-state index contributed by atoms with van der Waals surface area (Å²) in [5.74, 6) is -0.819. The van der Waals surface area contributed by atoms with E-state index in [-0.39, 0.29) is 11.8 Å². The van der Waals surface area contributed by atoms with E-state index in [2.05, 4.69) is 24.8 Å². The second kappa shape index (κ2) is 8.48. The van der Waals surface area contributed by atoms with Crippen LogP contribution in [0.1, 0.15) is 21.7 Å². The summed E-state index contributed by atoms with van der Waals surface area (Å²) in [4.78, 5) is 22.9. The maximum Gasteiger partial charge on any atom is 0.252 e. The summed E-state index contributed by atoms with van der Waals surface area (Å²) in [5.41, 5.74) is 1.21. The van der Waals surface area contributed by atoms with Crippen molar-refractivity contribution in [3.05, 3.63) is 83.7 Å². The Morgan fingerprint density at radius 3 is 2.86 bits per heavy atom. The lowest BCUT2D eigenvalue weighted by atomic mass is 10.1. The predicted octanol–water partition coefficient (Wildman–Crippen LogP) is 2.62. The molecule has 1 aromatic carbocycles. The Morgan fingerprint density at radius 1 is 1.17 bits per heavy atom. The highest BCUT2D eigenvalue weighted by atomic mass is 19.2. The van der Waals surface area contributed by atoms with E-state index in [1.165, 1.54) is 12.3 Å². The zero-order chi connectivity index (χ0) is 20.2. The lowest BCUT2D eigenvalue weighted by Gasteiger charge is -2.24. The molecule has 0 spiro atoms. The van der Waals surface area contributed by atoms with E-state index in [1.54, 1.807) is 30.6 Å². The van der Waals surface area contributed by atoms with E-state index in [1.807, 2.05) is 6.20 Å². The molecule has 3 aromatic rings. The highest BCUT2D eigenvalue weighted by Gasteiger charge is 2.23. The third-order valence-corrected chi connectivity index (χ3v) is 5.00. The lowest BCUT2D eigenvalue weighted by Crippen LogP contribution is -2.36. The van der Waals surface area contributed by atoms with Crippen LogP contribution in [0.5, 0.6) is 0 Å². The van der Waals surface area contributed by atoms with Gasteiger partial charge in [-0.3, -0.25) is 14.7 Å². The highest BCUT2D eigenvalue weighted by Crippen LogP contribution is 2.19. The first-order valence-electron chi connectivity index (χ1n) is 9.43. The highest BCUT2D eigenvalue weighted by molar-refractivity contribution is 5.93. The topological polar surface area (TPSA) is 63.1 Å². The van der Waals surface area contributed by atoms with Gasteiger partial charge in [-0.15, -0.1) is 0 Å². The van der Waals surface area contributed by atoms with Gasteiger partial charge in [-0.25, -0.2) is 13.8 Å². The fourth-order valence-corrected chi connectivity index (χ4v) is 3.61. The molecule has 0 saturated carbocycles. The average Bonchev–Trinajstić information content (AvgIpc) is 3.08. The second-order valence-corrected chi connectivity index (χ2v) is 7.23. The maximum absolute atomic E-state index is 13.6. The van der Waals surface area contributed by atoms with E-state index in [9.17, 15) is 13.6 Å². The van der Waals surface area contributed by atoms with Crippen molar-refractivity contribution in [2.75, 3.05) is 13.1 Å². The normalized spacial score (nSPS) is 16.8. The standard InChI is InChI=1S/C21H21F2N5O/c22-18-4-3-15(8-19(18)23)11-27-12-16(13-28-7-6-25-20(28)14-27)9-26-21(29)17-2-1-5-24-10-17/h1-8,10,16H,9,11-14H2,(H,26,29). The average molecular weight is 397 g/mol. The molecule has 0 radical (unpaired) electrons. The Hall–Kier alpha value is -3.13. The van der Waals surface area contributed by atoms with Crippen LogP contribution in [0.15, 0.2) is 55.1 Å². The lowest BCUT2D eigenvalue weighted by molar-refractivity contribution is 0.0940. The van der Waals surface area contributed by atoms with Crippen LogP contribution in [-0.2, 0) is 19.6 Å². The first-order chi connectivity index (χ1) is 14.1. The van der Waals surface area contributed by atoms with Gasteiger partial charge in [-0.05, 0) is 29.8 Å². The second-order valence-electron chi connectivity index (χ2n) is 7.23. The van der Waals surface area contributed by atoms with Crippen molar-refractivity contribution in [3.8, 4) is 0 Å². The van der Waals surface area contributed by atoms with Crippen LogP contribution in [0.2, 0.25) is 0 Å². The van der Waals surface area contributed by atoms with E-state index in [0.717, 1.165) is 18.4 Å². The number of nitrogens with zero attached hydrogens (tertiary/aromatic N) is 4. The van der Waals surface area contributed by atoms with Gasteiger partial charge < -0.3 is 9.88 Å². The van der Waals surface area contributed by atoms with E-state index < -0.39 is 11.6 Å².